The Bertz CT molecular complexity index is 800. The molecule has 0 unspecified atom stereocenters. The molecule has 1 aliphatic carbocycles. The summed E-state index contributed by atoms with van der Waals surface area (Å²) in [6.45, 7) is 0. The van der Waals surface area contributed by atoms with Gasteiger partial charge in [0, 0.05) is 11.3 Å². The lowest BCUT2D eigenvalue weighted by Gasteiger charge is -2.21. The number of carbonyl (C=O) groups is 2. The van der Waals surface area contributed by atoms with Crippen molar-refractivity contribution in [3.63, 3.8) is 0 Å². The van der Waals surface area contributed by atoms with E-state index in [1.165, 1.54) is 12.1 Å². The maximum atomic E-state index is 12.5. The lowest BCUT2D eigenvalue weighted by Crippen LogP contribution is -2.24. The second-order valence-electron chi connectivity index (χ2n) is 4.43. The number of halogens is 2. The number of hydrogen-bond donors (Lipinski definition) is 2. The number of nitrogens with two attached hydrogens (primary N) is 2. The van der Waals surface area contributed by atoms with Crippen LogP contribution in [0.4, 0.5) is 11.4 Å². The SMILES string of the molecule is Nc1cc(Cl)c(N)c2c1C(=O)c1c(Cl)cccc1C2=O. The summed E-state index contributed by atoms with van der Waals surface area (Å²) in [5.41, 5.74) is 12.3. The Labute approximate surface area is 124 Å². The first-order chi connectivity index (χ1) is 9.43. The van der Waals surface area contributed by atoms with Crippen molar-refractivity contribution < 1.29 is 9.59 Å². The van der Waals surface area contributed by atoms with Gasteiger partial charge in [-0.25, -0.2) is 0 Å². The highest BCUT2D eigenvalue weighted by atomic mass is 35.5. The van der Waals surface area contributed by atoms with Gasteiger partial charge in [0.15, 0.2) is 11.6 Å². The van der Waals surface area contributed by atoms with E-state index >= 15 is 0 Å². The van der Waals surface area contributed by atoms with Gasteiger partial charge in [-0.15, -0.1) is 0 Å². The van der Waals surface area contributed by atoms with Gasteiger partial charge in [0.2, 0.25) is 0 Å². The molecule has 0 saturated carbocycles. The fourth-order valence-electron chi connectivity index (χ4n) is 2.37. The molecule has 2 aromatic carbocycles. The van der Waals surface area contributed by atoms with Crippen molar-refractivity contribution in [3.05, 3.63) is 56.6 Å². The van der Waals surface area contributed by atoms with Crippen LogP contribution in [0.15, 0.2) is 24.3 Å². The zero-order chi connectivity index (χ0) is 14.6. The molecule has 0 spiro atoms. The molecule has 100 valence electrons. The summed E-state index contributed by atoms with van der Waals surface area (Å²) in [7, 11) is 0. The minimum absolute atomic E-state index is 0.0507. The molecule has 0 aliphatic heterocycles. The molecule has 0 aromatic heterocycles. The van der Waals surface area contributed by atoms with Crippen LogP contribution >= 0.6 is 23.2 Å². The topological polar surface area (TPSA) is 86.2 Å². The Morgan fingerprint density at radius 2 is 1.55 bits per heavy atom. The summed E-state index contributed by atoms with van der Waals surface area (Å²) in [5.74, 6) is -0.815. The average Bonchev–Trinajstić information content (AvgIpc) is 2.40. The number of carbonyl (C=O) groups excluding carboxylic acids is 2. The average molecular weight is 307 g/mol. The third-order valence-electron chi connectivity index (χ3n) is 3.29. The maximum absolute atomic E-state index is 12.5. The van der Waals surface area contributed by atoms with Crippen LogP contribution in [0.1, 0.15) is 31.8 Å². The van der Waals surface area contributed by atoms with Crippen molar-refractivity contribution >= 4 is 46.1 Å². The predicted molar refractivity (Wildman–Crippen MR) is 78.6 cm³/mol. The molecule has 3 rings (SSSR count). The molecule has 0 fully saturated rings. The summed E-state index contributed by atoms with van der Waals surface area (Å²) in [5, 5.41) is 0.354. The Kier molecular flexibility index (Phi) is 2.74. The second kappa shape index (κ2) is 4.23. The first kappa shape index (κ1) is 13.0. The highest BCUT2D eigenvalue weighted by Crippen LogP contribution is 2.39. The molecule has 1 aliphatic rings. The minimum Gasteiger partial charge on any atom is -0.398 e. The number of hydrogen-bond acceptors (Lipinski definition) is 4. The Balaban J connectivity index is 2.44. The Morgan fingerprint density at radius 3 is 2.25 bits per heavy atom. The van der Waals surface area contributed by atoms with Crippen LogP contribution in [0.2, 0.25) is 10.0 Å². The van der Waals surface area contributed by atoms with Gasteiger partial charge in [0.05, 0.1) is 32.4 Å². The van der Waals surface area contributed by atoms with Crippen LogP contribution in [-0.4, -0.2) is 11.6 Å². The Hall–Kier alpha value is -2.04. The van der Waals surface area contributed by atoms with E-state index in [0.29, 0.717) is 0 Å². The lowest BCUT2D eigenvalue weighted by atomic mass is 9.82. The van der Waals surface area contributed by atoms with E-state index in [1.807, 2.05) is 0 Å². The van der Waals surface area contributed by atoms with Crippen LogP contribution in [0, 0.1) is 0 Å². The van der Waals surface area contributed by atoms with Gasteiger partial charge < -0.3 is 11.5 Å². The maximum Gasteiger partial charge on any atom is 0.198 e. The first-order valence-corrected chi connectivity index (χ1v) is 6.44. The van der Waals surface area contributed by atoms with E-state index < -0.39 is 11.6 Å². The predicted octanol–water partition coefficient (Wildman–Crippen LogP) is 2.93. The molecule has 0 amide bonds. The highest BCUT2D eigenvalue weighted by Gasteiger charge is 2.35. The Morgan fingerprint density at radius 1 is 0.850 bits per heavy atom. The number of ketones is 2. The van der Waals surface area contributed by atoms with Crippen molar-refractivity contribution in [2.24, 2.45) is 0 Å². The van der Waals surface area contributed by atoms with Crippen LogP contribution in [0.25, 0.3) is 0 Å². The third kappa shape index (κ3) is 1.55. The zero-order valence-corrected chi connectivity index (χ0v) is 11.5. The standard InChI is InChI=1S/C14H8Cl2N2O2/c15-6-3-1-2-5-9(6)14(20)10-8(17)4-7(16)12(18)11(10)13(5)19/h1-4H,17-18H2. The van der Waals surface area contributed by atoms with Gasteiger partial charge in [0.1, 0.15) is 0 Å². The summed E-state index contributed by atoms with van der Waals surface area (Å²) in [6, 6.07) is 6.04. The van der Waals surface area contributed by atoms with Gasteiger partial charge in [0.25, 0.3) is 0 Å². The fourth-order valence-corrected chi connectivity index (χ4v) is 2.84. The molecule has 0 atom stereocenters. The van der Waals surface area contributed by atoms with Gasteiger partial charge in [-0.1, -0.05) is 35.3 Å². The van der Waals surface area contributed by atoms with E-state index in [2.05, 4.69) is 0 Å². The number of nitrogen functional groups attached to an aromatic ring is 2. The van der Waals surface area contributed by atoms with E-state index in [-0.39, 0.29) is 43.7 Å². The molecular weight excluding hydrogens is 299 g/mol. The van der Waals surface area contributed by atoms with Crippen molar-refractivity contribution in [2.45, 2.75) is 0 Å². The van der Waals surface area contributed by atoms with E-state index in [4.69, 9.17) is 34.7 Å². The third-order valence-corrected chi connectivity index (χ3v) is 3.91. The first-order valence-electron chi connectivity index (χ1n) is 5.68. The van der Waals surface area contributed by atoms with Crippen LogP contribution < -0.4 is 11.5 Å². The number of anilines is 2. The fraction of sp³-hybridized carbons (Fsp3) is 0. The zero-order valence-electron chi connectivity index (χ0n) is 10.0. The lowest BCUT2D eigenvalue weighted by molar-refractivity contribution is 0.0980. The summed E-state index contributed by atoms with van der Waals surface area (Å²) < 4.78 is 0. The molecule has 0 radical (unpaired) electrons. The number of fused-ring (bicyclic) bond motifs is 2. The van der Waals surface area contributed by atoms with Crippen molar-refractivity contribution in [3.8, 4) is 0 Å². The van der Waals surface area contributed by atoms with Gasteiger partial charge in [-0.2, -0.15) is 0 Å². The summed E-state index contributed by atoms with van der Waals surface area (Å²) in [6.07, 6.45) is 0. The van der Waals surface area contributed by atoms with Crippen molar-refractivity contribution in [1.29, 1.82) is 0 Å². The number of benzene rings is 2. The quantitative estimate of drug-likeness (QED) is 0.625. The van der Waals surface area contributed by atoms with Gasteiger partial charge in [-0.3, -0.25) is 9.59 Å². The molecular formula is C14H8Cl2N2O2. The number of rotatable bonds is 0. The summed E-state index contributed by atoms with van der Waals surface area (Å²) in [4.78, 5) is 25.1. The largest absolute Gasteiger partial charge is 0.398 e. The van der Waals surface area contributed by atoms with E-state index in [0.717, 1.165) is 0 Å². The summed E-state index contributed by atoms with van der Waals surface area (Å²) >= 11 is 11.9. The smallest absolute Gasteiger partial charge is 0.198 e. The van der Waals surface area contributed by atoms with Gasteiger partial charge >= 0.3 is 0 Å². The normalized spacial score (nSPS) is 13.1. The molecule has 4 nitrogen and oxygen atoms in total. The van der Waals surface area contributed by atoms with Crippen LogP contribution in [0.5, 0.6) is 0 Å². The van der Waals surface area contributed by atoms with Crippen LogP contribution in [-0.2, 0) is 0 Å². The monoisotopic (exact) mass is 306 g/mol. The van der Waals surface area contributed by atoms with Crippen molar-refractivity contribution in [1.82, 2.24) is 0 Å². The van der Waals surface area contributed by atoms with Crippen molar-refractivity contribution in [2.75, 3.05) is 11.5 Å². The molecule has 20 heavy (non-hydrogen) atoms. The van der Waals surface area contributed by atoms with Crippen LogP contribution in [0.3, 0.4) is 0 Å². The molecule has 0 heterocycles. The molecule has 2 aromatic rings. The minimum atomic E-state index is -0.416. The molecule has 6 heteroatoms. The molecule has 0 bridgehead atoms. The van der Waals surface area contributed by atoms with E-state index in [9.17, 15) is 9.59 Å². The highest BCUT2D eigenvalue weighted by molar-refractivity contribution is 6.42. The molecule has 4 N–H and O–H groups in total. The second-order valence-corrected chi connectivity index (χ2v) is 5.25. The molecule has 0 saturated heterocycles. The van der Waals surface area contributed by atoms with Gasteiger partial charge in [-0.05, 0) is 12.1 Å². The van der Waals surface area contributed by atoms with E-state index in [1.54, 1.807) is 12.1 Å².